The van der Waals surface area contributed by atoms with E-state index in [1.54, 1.807) is 13.8 Å². The van der Waals surface area contributed by atoms with Crippen LogP contribution in [0.5, 0.6) is 5.75 Å². The molecular weight excluding hydrogens is 216 g/mol. The van der Waals surface area contributed by atoms with Crippen molar-refractivity contribution in [2.75, 3.05) is 0 Å². The third kappa shape index (κ3) is 2.99. The standard InChI is InChI=1S/C14H20O3/c1-6-11-7-9(2)12(10(3)8-11)17-14(4,5)13(15)16/h7-8H,6H2,1-5H3,(H,15,16). The molecule has 0 radical (unpaired) electrons. The molecule has 1 aromatic carbocycles. The van der Waals surface area contributed by atoms with Crippen LogP contribution in [0.4, 0.5) is 0 Å². The van der Waals surface area contributed by atoms with Crippen LogP contribution in [0.3, 0.4) is 0 Å². The van der Waals surface area contributed by atoms with Gasteiger partial charge in [-0.25, -0.2) is 4.79 Å². The average molecular weight is 236 g/mol. The maximum absolute atomic E-state index is 11.0. The van der Waals surface area contributed by atoms with Crippen molar-refractivity contribution in [3.8, 4) is 5.75 Å². The van der Waals surface area contributed by atoms with E-state index < -0.39 is 11.6 Å². The number of aliphatic carboxylic acids is 1. The first-order chi connectivity index (χ1) is 7.77. The van der Waals surface area contributed by atoms with E-state index in [1.807, 2.05) is 26.0 Å². The molecule has 1 aromatic rings. The summed E-state index contributed by atoms with van der Waals surface area (Å²) >= 11 is 0. The normalized spacial score (nSPS) is 11.4. The van der Waals surface area contributed by atoms with Crippen LogP contribution in [-0.4, -0.2) is 16.7 Å². The van der Waals surface area contributed by atoms with Gasteiger partial charge in [-0.05, 0) is 50.8 Å². The molecule has 0 aliphatic carbocycles. The van der Waals surface area contributed by atoms with E-state index in [4.69, 9.17) is 9.84 Å². The van der Waals surface area contributed by atoms with Crippen LogP contribution < -0.4 is 4.74 Å². The minimum atomic E-state index is -1.21. The molecule has 0 aliphatic rings. The molecule has 0 saturated carbocycles. The number of rotatable bonds is 4. The van der Waals surface area contributed by atoms with Gasteiger partial charge in [0.05, 0.1) is 0 Å². The van der Waals surface area contributed by atoms with Crippen molar-refractivity contribution < 1.29 is 14.6 Å². The summed E-state index contributed by atoms with van der Waals surface area (Å²) in [5.74, 6) is -0.287. The Balaban J connectivity index is 3.12. The molecule has 94 valence electrons. The number of hydrogen-bond donors (Lipinski definition) is 1. The van der Waals surface area contributed by atoms with E-state index in [9.17, 15) is 4.79 Å². The van der Waals surface area contributed by atoms with Crippen molar-refractivity contribution in [1.29, 1.82) is 0 Å². The summed E-state index contributed by atoms with van der Waals surface area (Å²) in [5, 5.41) is 9.06. The lowest BCUT2D eigenvalue weighted by molar-refractivity contribution is -0.152. The predicted octanol–water partition coefficient (Wildman–Crippen LogP) is 3.11. The Hall–Kier alpha value is -1.51. The Morgan fingerprint density at radius 1 is 1.29 bits per heavy atom. The molecule has 0 aliphatic heterocycles. The number of carboxylic acid groups (broad SMARTS) is 1. The van der Waals surface area contributed by atoms with E-state index in [0.717, 1.165) is 17.5 Å². The van der Waals surface area contributed by atoms with Gasteiger partial charge in [0.1, 0.15) is 5.75 Å². The van der Waals surface area contributed by atoms with E-state index in [2.05, 4.69) is 6.92 Å². The average Bonchev–Trinajstić information content (AvgIpc) is 2.22. The van der Waals surface area contributed by atoms with E-state index >= 15 is 0 Å². The largest absolute Gasteiger partial charge is 0.478 e. The van der Waals surface area contributed by atoms with Crippen molar-refractivity contribution in [2.24, 2.45) is 0 Å². The smallest absolute Gasteiger partial charge is 0.347 e. The lowest BCUT2D eigenvalue weighted by Gasteiger charge is -2.24. The van der Waals surface area contributed by atoms with Crippen LogP contribution in [0, 0.1) is 13.8 Å². The highest BCUT2D eigenvalue weighted by Crippen LogP contribution is 2.28. The fourth-order valence-electron chi connectivity index (χ4n) is 1.70. The minimum Gasteiger partial charge on any atom is -0.478 e. The summed E-state index contributed by atoms with van der Waals surface area (Å²) in [6.45, 7) is 9.10. The molecule has 0 atom stereocenters. The van der Waals surface area contributed by atoms with Gasteiger partial charge < -0.3 is 9.84 Å². The quantitative estimate of drug-likeness (QED) is 0.873. The van der Waals surface area contributed by atoms with Gasteiger partial charge in [-0.15, -0.1) is 0 Å². The lowest BCUT2D eigenvalue weighted by atomic mass is 10.0. The summed E-state index contributed by atoms with van der Waals surface area (Å²) in [6.07, 6.45) is 0.963. The highest BCUT2D eigenvalue weighted by atomic mass is 16.5. The first-order valence-corrected chi connectivity index (χ1v) is 5.80. The van der Waals surface area contributed by atoms with E-state index in [1.165, 1.54) is 5.56 Å². The maximum Gasteiger partial charge on any atom is 0.347 e. The first-order valence-electron chi connectivity index (χ1n) is 5.80. The molecule has 1 N–H and O–H groups in total. The van der Waals surface area contributed by atoms with Gasteiger partial charge in [-0.1, -0.05) is 19.1 Å². The second-order valence-electron chi connectivity index (χ2n) is 4.83. The zero-order chi connectivity index (χ0) is 13.2. The Bertz CT molecular complexity index is 410. The highest BCUT2D eigenvalue weighted by molar-refractivity contribution is 5.77. The molecule has 0 amide bonds. The number of carbonyl (C=O) groups is 1. The monoisotopic (exact) mass is 236 g/mol. The van der Waals surface area contributed by atoms with Crippen molar-refractivity contribution >= 4 is 5.97 Å². The summed E-state index contributed by atoms with van der Waals surface area (Å²) in [6, 6.07) is 4.08. The topological polar surface area (TPSA) is 46.5 Å². The first kappa shape index (κ1) is 13.6. The van der Waals surface area contributed by atoms with Gasteiger partial charge >= 0.3 is 5.97 Å². The van der Waals surface area contributed by atoms with E-state index in [0.29, 0.717) is 5.75 Å². The molecule has 0 heterocycles. The molecule has 0 saturated heterocycles. The highest BCUT2D eigenvalue weighted by Gasteiger charge is 2.30. The lowest BCUT2D eigenvalue weighted by Crippen LogP contribution is -2.38. The van der Waals surface area contributed by atoms with Gasteiger partial charge in [0.25, 0.3) is 0 Å². The van der Waals surface area contributed by atoms with Crippen LogP contribution in [0.25, 0.3) is 0 Å². The molecule has 17 heavy (non-hydrogen) atoms. The van der Waals surface area contributed by atoms with Gasteiger partial charge in [0, 0.05) is 0 Å². The van der Waals surface area contributed by atoms with Crippen molar-refractivity contribution in [3.05, 3.63) is 28.8 Å². The summed E-state index contributed by atoms with van der Waals surface area (Å²) in [4.78, 5) is 11.0. The third-order valence-corrected chi connectivity index (χ3v) is 2.80. The molecule has 0 aromatic heterocycles. The molecule has 3 nitrogen and oxygen atoms in total. The van der Waals surface area contributed by atoms with Gasteiger partial charge in [-0.2, -0.15) is 0 Å². The Morgan fingerprint density at radius 2 is 1.76 bits per heavy atom. The summed E-state index contributed by atoms with van der Waals surface area (Å²) in [5.41, 5.74) is 2.00. The summed E-state index contributed by atoms with van der Waals surface area (Å²) in [7, 11) is 0. The molecular formula is C14H20O3. The van der Waals surface area contributed by atoms with E-state index in [-0.39, 0.29) is 0 Å². The Morgan fingerprint density at radius 3 is 2.12 bits per heavy atom. The van der Waals surface area contributed by atoms with Crippen LogP contribution in [0.15, 0.2) is 12.1 Å². The number of aryl methyl sites for hydroxylation is 3. The number of benzene rings is 1. The molecule has 0 spiro atoms. The van der Waals surface area contributed by atoms with Crippen molar-refractivity contribution in [3.63, 3.8) is 0 Å². The minimum absolute atomic E-state index is 0.676. The molecule has 1 rings (SSSR count). The Kier molecular flexibility index (Phi) is 3.81. The second-order valence-corrected chi connectivity index (χ2v) is 4.83. The SMILES string of the molecule is CCc1cc(C)c(OC(C)(C)C(=O)O)c(C)c1. The van der Waals surface area contributed by atoms with Crippen LogP contribution >= 0.6 is 0 Å². The van der Waals surface area contributed by atoms with Crippen molar-refractivity contribution in [1.82, 2.24) is 0 Å². The van der Waals surface area contributed by atoms with Crippen molar-refractivity contribution in [2.45, 2.75) is 46.6 Å². The van der Waals surface area contributed by atoms with Crippen LogP contribution in [0.1, 0.15) is 37.5 Å². The third-order valence-electron chi connectivity index (χ3n) is 2.80. The molecule has 0 unspecified atom stereocenters. The molecule has 3 heteroatoms. The second kappa shape index (κ2) is 4.78. The fraction of sp³-hybridized carbons (Fsp3) is 0.500. The number of carboxylic acids is 1. The number of ether oxygens (including phenoxy) is 1. The Labute approximate surface area is 102 Å². The fourth-order valence-corrected chi connectivity index (χ4v) is 1.70. The van der Waals surface area contributed by atoms with Crippen LogP contribution in [0.2, 0.25) is 0 Å². The van der Waals surface area contributed by atoms with Gasteiger partial charge in [0.2, 0.25) is 0 Å². The summed E-state index contributed by atoms with van der Waals surface area (Å²) < 4.78 is 5.62. The molecule has 0 fully saturated rings. The van der Waals surface area contributed by atoms with Crippen LogP contribution in [-0.2, 0) is 11.2 Å². The molecule has 0 bridgehead atoms. The number of hydrogen-bond acceptors (Lipinski definition) is 2. The predicted molar refractivity (Wildman–Crippen MR) is 67.6 cm³/mol. The zero-order valence-corrected chi connectivity index (χ0v) is 11.1. The van der Waals surface area contributed by atoms with Gasteiger partial charge in [0.15, 0.2) is 5.60 Å². The maximum atomic E-state index is 11.0. The van der Waals surface area contributed by atoms with Gasteiger partial charge in [-0.3, -0.25) is 0 Å². The zero-order valence-electron chi connectivity index (χ0n) is 11.1.